The SMILES string of the molecule is Nc1n[nH]c2cc(OCC3CCN(C4CCCC4)CC3)cc(I)c12. The molecule has 6 heteroatoms. The summed E-state index contributed by atoms with van der Waals surface area (Å²) in [5.41, 5.74) is 6.84. The van der Waals surface area contributed by atoms with Crippen molar-refractivity contribution >= 4 is 39.3 Å². The van der Waals surface area contributed by atoms with Crippen molar-refractivity contribution in [3.63, 3.8) is 0 Å². The van der Waals surface area contributed by atoms with Gasteiger partial charge in [-0.3, -0.25) is 5.10 Å². The number of nitrogens with zero attached hydrogens (tertiary/aromatic N) is 2. The monoisotopic (exact) mass is 440 g/mol. The van der Waals surface area contributed by atoms with Gasteiger partial charge in [0, 0.05) is 15.7 Å². The number of fused-ring (bicyclic) bond motifs is 1. The molecule has 1 saturated heterocycles. The summed E-state index contributed by atoms with van der Waals surface area (Å²) in [5, 5.41) is 8.05. The summed E-state index contributed by atoms with van der Waals surface area (Å²) in [7, 11) is 0. The zero-order valence-corrected chi connectivity index (χ0v) is 16.1. The number of nitrogens with one attached hydrogen (secondary N) is 1. The Balaban J connectivity index is 1.32. The van der Waals surface area contributed by atoms with E-state index in [1.807, 2.05) is 6.07 Å². The summed E-state index contributed by atoms with van der Waals surface area (Å²) >= 11 is 2.30. The number of H-pyrrole nitrogens is 1. The van der Waals surface area contributed by atoms with Crippen LogP contribution < -0.4 is 10.5 Å². The first-order valence-corrected chi connectivity index (χ1v) is 10.1. The molecule has 1 saturated carbocycles. The van der Waals surface area contributed by atoms with Gasteiger partial charge in [-0.1, -0.05) is 12.8 Å². The molecule has 0 atom stereocenters. The topological polar surface area (TPSA) is 67.2 Å². The highest BCUT2D eigenvalue weighted by atomic mass is 127. The zero-order valence-electron chi connectivity index (χ0n) is 13.9. The lowest BCUT2D eigenvalue weighted by atomic mass is 9.96. The third-order valence-corrected chi connectivity index (χ3v) is 6.44. The molecule has 1 aromatic carbocycles. The number of rotatable bonds is 4. The van der Waals surface area contributed by atoms with Crippen molar-refractivity contribution in [2.45, 2.75) is 44.6 Å². The van der Waals surface area contributed by atoms with Crippen molar-refractivity contribution in [1.82, 2.24) is 15.1 Å². The maximum Gasteiger partial charge on any atom is 0.154 e. The van der Waals surface area contributed by atoms with Crippen LogP contribution in [0.5, 0.6) is 5.75 Å². The van der Waals surface area contributed by atoms with Crippen molar-refractivity contribution in [2.75, 3.05) is 25.4 Å². The van der Waals surface area contributed by atoms with Crippen LogP contribution in [0.1, 0.15) is 38.5 Å². The Kier molecular flexibility index (Phi) is 4.85. The molecule has 3 N–H and O–H groups in total. The van der Waals surface area contributed by atoms with Crippen molar-refractivity contribution in [3.05, 3.63) is 15.7 Å². The fourth-order valence-electron chi connectivity index (χ4n) is 4.16. The molecule has 2 fully saturated rings. The first kappa shape index (κ1) is 16.4. The zero-order chi connectivity index (χ0) is 16.5. The van der Waals surface area contributed by atoms with Crippen molar-refractivity contribution in [3.8, 4) is 5.75 Å². The molecule has 0 unspecified atom stereocenters. The number of likely N-dealkylation sites (tertiary alicyclic amines) is 1. The van der Waals surface area contributed by atoms with Crippen LogP contribution in [-0.2, 0) is 0 Å². The van der Waals surface area contributed by atoms with Gasteiger partial charge < -0.3 is 15.4 Å². The number of hydrogen-bond donors (Lipinski definition) is 2. The molecule has 1 aliphatic heterocycles. The van der Waals surface area contributed by atoms with Gasteiger partial charge in [0.1, 0.15) is 5.75 Å². The number of nitrogens with two attached hydrogens (primary N) is 1. The molecular formula is C18H25IN4O. The molecule has 0 radical (unpaired) electrons. The fraction of sp³-hybridized carbons (Fsp3) is 0.611. The minimum atomic E-state index is 0.556. The quantitative estimate of drug-likeness (QED) is 0.711. The van der Waals surface area contributed by atoms with Crippen LogP contribution in [0, 0.1) is 9.49 Å². The third kappa shape index (κ3) is 3.35. The van der Waals surface area contributed by atoms with Crippen molar-refractivity contribution in [2.24, 2.45) is 5.92 Å². The lowest BCUT2D eigenvalue weighted by molar-refractivity contribution is 0.108. The smallest absolute Gasteiger partial charge is 0.154 e. The predicted octanol–water partition coefficient (Wildman–Crippen LogP) is 3.78. The normalized spacial score (nSPS) is 20.9. The van der Waals surface area contributed by atoms with Crippen molar-refractivity contribution < 1.29 is 4.74 Å². The minimum Gasteiger partial charge on any atom is -0.493 e. The number of aromatic nitrogens is 2. The molecule has 5 nitrogen and oxygen atoms in total. The number of benzene rings is 1. The second-order valence-corrected chi connectivity index (χ2v) is 8.33. The molecule has 0 amide bonds. The van der Waals surface area contributed by atoms with E-state index in [-0.39, 0.29) is 0 Å². The molecule has 2 aromatic rings. The largest absolute Gasteiger partial charge is 0.493 e. The molecule has 1 aromatic heterocycles. The van der Waals surface area contributed by atoms with E-state index in [0.717, 1.165) is 32.9 Å². The van der Waals surface area contributed by atoms with E-state index in [2.05, 4.69) is 43.8 Å². The average molecular weight is 440 g/mol. The molecular weight excluding hydrogens is 415 g/mol. The second kappa shape index (κ2) is 7.07. The van der Waals surface area contributed by atoms with E-state index in [9.17, 15) is 0 Å². The first-order valence-electron chi connectivity index (χ1n) is 9.00. The summed E-state index contributed by atoms with van der Waals surface area (Å²) in [6.07, 6.45) is 8.18. The number of nitrogen functional groups attached to an aromatic ring is 1. The van der Waals surface area contributed by atoms with Crippen LogP contribution >= 0.6 is 22.6 Å². The Hall–Kier alpha value is -1.02. The highest BCUT2D eigenvalue weighted by Crippen LogP contribution is 2.31. The maximum absolute atomic E-state index is 6.09. The van der Waals surface area contributed by atoms with E-state index in [1.165, 1.54) is 51.6 Å². The van der Waals surface area contributed by atoms with E-state index in [0.29, 0.717) is 11.7 Å². The average Bonchev–Trinajstić information content (AvgIpc) is 3.24. The van der Waals surface area contributed by atoms with Crippen LogP contribution in [-0.4, -0.2) is 40.8 Å². The van der Waals surface area contributed by atoms with Crippen LogP contribution in [0.3, 0.4) is 0 Å². The Labute approximate surface area is 156 Å². The van der Waals surface area contributed by atoms with Crippen LogP contribution in [0.4, 0.5) is 5.82 Å². The minimum absolute atomic E-state index is 0.556. The lowest BCUT2D eigenvalue weighted by Crippen LogP contribution is -2.41. The van der Waals surface area contributed by atoms with Crippen LogP contribution in [0.25, 0.3) is 10.9 Å². The number of hydrogen-bond acceptors (Lipinski definition) is 4. The first-order chi connectivity index (χ1) is 11.7. The Bertz CT molecular complexity index is 702. The highest BCUT2D eigenvalue weighted by Gasteiger charge is 2.27. The van der Waals surface area contributed by atoms with Gasteiger partial charge in [-0.15, -0.1) is 0 Å². The molecule has 2 heterocycles. The second-order valence-electron chi connectivity index (χ2n) is 7.17. The van der Waals surface area contributed by atoms with Crippen molar-refractivity contribution in [1.29, 1.82) is 0 Å². The Morgan fingerprint density at radius 3 is 2.71 bits per heavy atom. The van der Waals surface area contributed by atoms with E-state index in [1.54, 1.807) is 0 Å². The number of aromatic amines is 1. The van der Waals surface area contributed by atoms with Gasteiger partial charge in [0.2, 0.25) is 0 Å². The van der Waals surface area contributed by atoms with Gasteiger partial charge in [0.15, 0.2) is 5.82 Å². The summed E-state index contributed by atoms with van der Waals surface area (Å²) < 4.78 is 7.18. The number of halogens is 1. The molecule has 1 aliphatic carbocycles. The Morgan fingerprint density at radius 1 is 1.21 bits per heavy atom. The summed E-state index contributed by atoms with van der Waals surface area (Å²) in [6, 6.07) is 4.93. The lowest BCUT2D eigenvalue weighted by Gasteiger charge is -2.35. The molecule has 24 heavy (non-hydrogen) atoms. The number of ether oxygens (including phenoxy) is 1. The Morgan fingerprint density at radius 2 is 1.96 bits per heavy atom. The van der Waals surface area contributed by atoms with Gasteiger partial charge in [-0.2, -0.15) is 5.10 Å². The summed E-state index contributed by atoms with van der Waals surface area (Å²) in [4.78, 5) is 2.71. The highest BCUT2D eigenvalue weighted by molar-refractivity contribution is 14.1. The molecule has 0 spiro atoms. The number of anilines is 1. The van der Waals surface area contributed by atoms with Crippen LogP contribution in [0.15, 0.2) is 12.1 Å². The van der Waals surface area contributed by atoms with Crippen LogP contribution in [0.2, 0.25) is 0 Å². The van der Waals surface area contributed by atoms with Gasteiger partial charge >= 0.3 is 0 Å². The molecule has 0 bridgehead atoms. The molecule has 4 rings (SSSR count). The van der Waals surface area contributed by atoms with E-state index >= 15 is 0 Å². The number of piperidine rings is 1. The predicted molar refractivity (Wildman–Crippen MR) is 105 cm³/mol. The van der Waals surface area contributed by atoms with E-state index in [4.69, 9.17) is 10.5 Å². The molecule has 2 aliphatic rings. The maximum atomic E-state index is 6.09. The fourth-order valence-corrected chi connectivity index (χ4v) is 5.03. The van der Waals surface area contributed by atoms with E-state index < -0.39 is 0 Å². The van der Waals surface area contributed by atoms with Gasteiger partial charge in [0.25, 0.3) is 0 Å². The summed E-state index contributed by atoms with van der Waals surface area (Å²) in [5.74, 6) is 2.14. The standard InChI is InChI=1S/C18H25IN4O/c19-15-9-14(10-16-17(15)18(20)22-21-16)24-11-12-5-7-23(8-6-12)13-3-1-2-4-13/h9-10,12-13H,1-8,11H2,(H3,20,21,22). The summed E-state index contributed by atoms with van der Waals surface area (Å²) in [6.45, 7) is 3.29. The van der Waals surface area contributed by atoms with Gasteiger partial charge in [-0.25, -0.2) is 0 Å². The third-order valence-electron chi connectivity index (χ3n) is 5.59. The molecule has 130 valence electrons. The van der Waals surface area contributed by atoms with Gasteiger partial charge in [0.05, 0.1) is 17.5 Å². The van der Waals surface area contributed by atoms with Gasteiger partial charge in [-0.05, 0) is 73.3 Å².